The van der Waals surface area contributed by atoms with E-state index in [1.807, 2.05) is 6.07 Å². The molecule has 0 nitrogen and oxygen atoms in total. The van der Waals surface area contributed by atoms with Gasteiger partial charge in [-0.1, -0.05) is 39.0 Å². The average Bonchev–Trinajstić information content (AvgIpc) is 1.86. The van der Waals surface area contributed by atoms with Crippen LogP contribution in [0.25, 0.3) is 0 Å². The molecule has 0 saturated heterocycles. The van der Waals surface area contributed by atoms with Gasteiger partial charge in [-0.3, -0.25) is 0 Å². The van der Waals surface area contributed by atoms with Gasteiger partial charge in [0.2, 0.25) is 0 Å². The van der Waals surface area contributed by atoms with Crippen LogP contribution in [0.15, 0.2) is 29.2 Å². The molecule has 0 aliphatic heterocycles. The highest BCUT2D eigenvalue weighted by molar-refractivity contribution is 7.58. The topological polar surface area (TPSA) is 0 Å². The normalized spacial score (nSPS) is 10.7. The Kier molecular flexibility index (Phi) is 4.62. The summed E-state index contributed by atoms with van der Waals surface area (Å²) in [5.74, 6) is 0. The quantitative estimate of drug-likeness (QED) is 0.441. The summed E-state index contributed by atoms with van der Waals surface area (Å²) in [5.41, 5.74) is 1.59. The Bertz CT molecular complexity index is 250. The Hall–Kier alpha value is 0.300. The molecule has 0 radical (unpaired) electrons. The van der Waals surface area contributed by atoms with E-state index < -0.39 is 0 Å². The monoisotopic (exact) mass is 294 g/mol. The van der Waals surface area contributed by atoms with Crippen LogP contribution in [0.1, 0.15) is 26.3 Å². The van der Waals surface area contributed by atoms with Crippen molar-refractivity contribution in [3.8, 4) is 0 Å². The lowest BCUT2D eigenvalue weighted by molar-refractivity contribution is -0.00000265. The van der Waals surface area contributed by atoms with Crippen LogP contribution in [0.2, 0.25) is 0 Å². The molecule has 0 aliphatic carbocycles. The zero-order chi connectivity index (χ0) is 8.48. The molecule has 0 bridgehead atoms. The molecule has 2 heteroatoms. The van der Waals surface area contributed by atoms with Crippen molar-refractivity contribution in [2.45, 2.75) is 31.1 Å². The molecule has 0 saturated carbocycles. The summed E-state index contributed by atoms with van der Waals surface area (Å²) in [6.45, 7) is 6.64. The highest BCUT2D eigenvalue weighted by atomic mass is 127. The predicted molar refractivity (Wildman–Crippen MR) is 53.6 cm³/mol. The molecule has 0 N–H and O–H groups in total. The van der Waals surface area contributed by atoms with E-state index in [2.05, 4.69) is 51.6 Å². The van der Waals surface area contributed by atoms with Crippen LogP contribution in [0.4, 0.5) is 0 Å². The minimum absolute atomic E-state index is 0. The molecular formula is C10H15IS. The van der Waals surface area contributed by atoms with Crippen molar-refractivity contribution in [1.29, 1.82) is 0 Å². The van der Waals surface area contributed by atoms with Crippen LogP contribution in [0, 0.1) is 0 Å². The van der Waals surface area contributed by atoms with Crippen molar-refractivity contribution < 1.29 is 24.0 Å². The fraction of sp³-hybridized carbons (Fsp3) is 0.400. The van der Waals surface area contributed by atoms with Gasteiger partial charge in [0, 0.05) is 5.56 Å². The zero-order valence-corrected chi connectivity index (χ0v) is 10.8. The van der Waals surface area contributed by atoms with Crippen molar-refractivity contribution in [1.82, 2.24) is 0 Å². The first-order valence-electron chi connectivity index (χ1n) is 3.83. The van der Waals surface area contributed by atoms with Crippen LogP contribution < -0.4 is 24.0 Å². The van der Waals surface area contributed by atoms with E-state index in [9.17, 15) is 0 Å². The molecule has 0 spiro atoms. The van der Waals surface area contributed by atoms with Crippen molar-refractivity contribution >= 4 is 12.6 Å². The second-order valence-corrected chi connectivity index (χ2v) is 4.33. The van der Waals surface area contributed by atoms with Gasteiger partial charge >= 0.3 is 0 Å². The Morgan fingerprint density at radius 2 is 1.58 bits per heavy atom. The molecule has 0 fully saturated rings. The molecule has 0 aromatic heterocycles. The summed E-state index contributed by atoms with van der Waals surface area (Å²) < 4.78 is 0. The van der Waals surface area contributed by atoms with E-state index in [1.54, 1.807) is 0 Å². The molecule has 1 aromatic rings. The minimum Gasteiger partial charge on any atom is -1.00 e. The van der Waals surface area contributed by atoms with Gasteiger partial charge in [-0.2, -0.15) is 0 Å². The van der Waals surface area contributed by atoms with Gasteiger partial charge in [-0.15, -0.1) is 0 Å². The molecule has 0 heterocycles. The zero-order valence-electron chi connectivity index (χ0n) is 7.69. The standard InChI is InChI=1S/C10H14S.HI/c1-10(2,3)8-6-4-5-7-9(8)11;/h4-7,11H,1-3H3;1H. The molecule has 1 rings (SSSR count). The van der Waals surface area contributed by atoms with E-state index in [0.717, 1.165) is 0 Å². The Morgan fingerprint density at radius 3 is 1.92 bits per heavy atom. The molecule has 0 unspecified atom stereocenters. The van der Waals surface area contributed by atoms with Crippen molar-refractivity contribution in [3.05, 3.63) is 29.8 Å². The van der Waals surface area contributed by atoms with Crippen LogP contribution >= 0.6 is 0 Å². The lowest BCUT2D eigenvalue weighted by Crippen LogP contribution is -3.00. The number of halogens is 1. The maximum absolute atomic E-state index is 3.58. The first-order chi connectivity index (χ1) is 5.02. The van der Waals surface area contributed by atoms with Crippen LogP contribution in [0.5, 0.6) is 0 Å². The van der Waals surface area contributed by atoms with Crippen molar-refractivity contribution in [3.63, 3.8) is 0 Å². The highest BCUT2D eigenvalue weighted by Gasteiger charge is 2.17. The molecule has 0 atom stereocenters. The highest BCUT2D eigenvalue weighted by Crippen LogP contribution is 2.24. The summed E-state index contributed by atoms with van der Waals surface area (Å²) in [5, 5.41) is 0. The molecule has 0 aliphatic rings. The number of benzene rings is 1. The fourth-order valence-electron chi connectivity index (χ4n) is 1.14. The third kappa shape index (κ3) is 2.98. The third-order valence-electron chi connectivity index (χ3n) is 1.74. The summed E-state index contributed by atoms with van der Waals surface area (Å²) in [6, 6.07) is 8.35. The fourth-order valence-corrected chi connectivity index (χ4v) is 1.69. The van der Waals surface area contributed by atoms with Gasteiger partial charge in [0.25, 0.3) is 0 Å². The maximum Gasteiger partial charge on any atom is 0.154 e. The van der Waals surface area contributed by atoms with Crippen LogP contribution in [-0.2, 0) is 18.0 Å². The van der Waals surface area contributed by atoms with Crippen LogP contribution in [0.3, 0.4) is 0 Å². The Labute approximate surface area is 97.2 Å². The van der Waals surface area contributed by atoms with E-state index in [4.69, 9.17) is 0 Å². The molecule has 68 valence electrons. The summed E-state index contributed by atoms with van der Waals surface area (Å²) in [6.07, 6.45) is 0. The van der Waals surface area contributed by atoms with Crippen molar-refractivity contribution in [2.75, 3.05) is 0 Å². The Morgan fingerprint density at radius 1 is 1.08 bits per heavy atom. The van der Waals surface area contributed by atoms with Crippen LogP contribution in [-0.4, -0.2) is 0 Å². The van der Waals surface area contributed by atoms with Gasteiger partial charge < -0.3 is 24.0 Å². The predicted octanol–water partition coefficient (Wildman–Crippen LogP) is -0.641. The lowest BCUT2D eigenvalue weighted by Gasteiger charge is -2.18. The van der Waals surface area contributed by atoms with E-state index in [-0.39, 0.29) is 29.4 Å². The smallest absolute Gasteiger partial charge is 0.154 e. The third-order valence-corrected chi connectivity index (χ3v) is 2.17. The van der Waals surface area contributed by atoms with Gasteiger partial charge in [0.05, 0.1) is 0 Å². The Balaban J connectivity index is 0.00000121. The molecule has 0 amide bonds. The number of rotatable bonds is 0. The maximum atomic E-state index is 3.58. The lowest BCUT2D eigenvalue weighted by atomic mass is 9.87. The van der Waals surface area contributed by atoms with Gasteiger partial charge in [0.15, 0.2) is 4.90 Å². The van der Waals surface area contributed by atoms with Gasteiger partial charge in [0.1, 0.15) is 0 Å². The molecule has 1 aromatic carbocycles. The first kappa shape index (κ1) is 12.3. The molecule has 12 heavy (non-hydrogen) atoms. The number of hydrogen-bond acceptors (Lipinski definition) is 0. The SMILES string of the molecule is CC(C)(C)c1ccccc1[SH2+].[I-]. The second-order valence-electron chi connectivity index (χ2n) is 3.80. The van der Waals surface area contributed by atoms with E-state index in [1.165, 1.54) is 10.5 Å². The summed E-state index contributed by atoms with van der Waals surface area (Å²) >= 11 is 3.58. The summed E-state index contributed by atoms with van der Waals surface area (Å²) in [4.78, 5) is 1.19. The molecular weight excluding hydrogens is 279 g/mol. The first-order valence-corrected chi connectivity index (χ1v) is 4.33. The largest absolute Gasteiger partial charge is 1.00 e. The summed E-state index contributed by atoms with van der Waals surface area (Å²) in [7, 11) is 0. The van der Waals surface area contributed by atoms with Gasteiger partial charge in [-0.05, 0) is 24.1 Å². The minimum atomic E-state index is 0. The van der Waals surface area contributed by atoms with E-state index >= 15 is 0 Å². The average molecular weight is 294 g/mol. The second kappa shape index (κ2) is 4.51. The van der Waals surface area contributed by atoms with E-state index in [0.29, 0.717) is 0 Å². The van der Waals surface area contributed by atoms with Gasteiger partial charge in [-0.25, -0.2) is 0 Å². The van der Waals surface area contributed by atoms with Crippen molar-refractivity contribution in [2.24, 2.45) is 0 Å². The number of hydrogen-bond donors (Lipinski definition) is 0.